The molecule has 0 radical (unpaired) electrons. The highest BCUT2D eigenvalue weighted by molar-refractivity contribution is 6.45. The number of aromatic nitrogens is 3. The summed E-state index contributed by atoms with van der Waals surface area (Å²) in [5.74, 6) is -0.545. The van der Waals surface area contributed by atoms with Gasteiger partial charge in [-0.2, -0.15) is 5.10 Å². The molecule has 2 unspecified atom stereocenters. The first-order valence-electron chi connectivity index (χ1n) is 13.2. The predicted molar refractivity (Wildman–Crippen MR) is 146 cm³/mol. The molecular formula is C29H31F2N7O. The third-order valence-electron chi connectivity index (χ3n) is 7.11. The number of carbonyl (C=O) groups excluding carboxylic acids is 1. The first-order valence-corrected chi connectivity index (χ1v) is 13.2. The number of amides is 1. The minimum atomic E-state index is -2.65. The second-order valence-electron chi connectivity index (χ2n) is 9.61. The summed E-state index contributed by atoms with van der Waals surface area (Å²) in [5, 5.41) is 11.7. The number of nitrogens with one attached hydrogen (secondary N) is 2. The first kappa shape index (κ1) is 26.4. The van der Waals surface area contributed by atoms with Gasteiger partial charge < -0.3 is 15.2 Å². The Morgan fingerprint density at radius 3 is 2.85 bits per heavy atom. The number of nitrogens with zero attached hydrogens (tertiary/aromatic N) is 5. The third kappa shape index (κ3) is 5.10. The molecule has 202 valence electrons. The minimum absolute atomic E-state index is 0.106. The van der Waals surface area contributed by atoms with E-state index in [1.165, 1.54) is 6.08 Å². The zero-order valence-corrected chi connectivity index (χ0v) is 22.2. The number of halogens is 2. The van der Waals surface area contributed by atoms with Crippen LogP contribution in [0, 0.1) is 12.8 Å². The minimum Gasteiger partial charge on any atom is -0.361 e. The van der Waals surface area contributed by atoms with E-state index in [1.54, 1.807) is 29.6 Å². The number of hydrogen-bond acceptors (Lipinski definition) is 6. The maximum absolute atomic E-state index is 14.2. The van der Waals surface area contributed by atoms with Crippen molar-refractivity contribution in [3.8, 4) is 0 Å². The molecule has 8 nitrogen and oxygen atoms in total. The monoisotopic (exact) mass is 531 g/mol. The topological polar surface area (TPSA) is 98.6 Å². The van der Waals surface area contributed by atoms with E-state index in [2.05, 4.69) is 30.5 Å². The largest absolute Gasteiger partial charge is 0.361 e. The summed E-state index contributed by atoms with van der Waals surface area (Å²) in [7, 11) is 0. The number of fused-ring (bicyclic) bond motifs is 1. The maximum atomic E-state index is 14.2. The van der Waals surface area contributed by atoms with Crippen molar-refractivity contribution in [2.24, 2.45) is 16.1 Å². The molecule has 5 heterocycles. The van der Waals surface area contributed by atoms with Crippen molar-refractivity contribution in [1.29, 1.82) is 0 Å². The van der Waals surface area contributed by atoms with Crippen LogP contribution in [0.2, 0.25) is 0 Å². The Kier molecular flexibility index (Phi) is 7.63. The van der Waals surface area contributed by atoms with Gasteiger partial charge in [0.05, 0.1) is 29.3 Å². The van der Waals surface area contributed by atoms with Gasteiger partial charge in [-0.05, 0) is 55.7 Å². The first-order chi connectivity index (χ1) is 18.9. The van der Waals surface area contributed by atoms with Crippen molar-refractivity contribution in [2.45, 2.75) is 52.5 Å². The summed E-state index contributed by atoms with van der Waals surface area (Å²) < 4.78 is 27.6. The fraction of sp³-hybridized carbons (Fsp3) is 0.345. The molecule has 2 atom stereocenters. The van der Waals surface area contributed by atoms with Crippen LogP contribution < -0.4 is 5.32 Å². The van der Waals surface area contributed by atoms with Gasteiger partial charge in [0, 0.05) is 41.8 Å². The molecule has 0 spiro atoms. The molecule has 2 aromatic heterocycles. The second kappa shape index (κ2) is 11.3. The lowest BCUT2D eigenvalue weighted by atomic mass is 9.89. The molecule has 5 rings (SSSR count). The van der Waals surface area contributed by atoms with Crippen LogP contribution in [0.5, 0.6) is 0 Å². The van der Waals surface area contributed by atoms with E-state index in [9.17, 15) is 13.6 Å². The molecule has 0 fully saturated rings. The fourth-order valence-electron chi connectivity index (χ4n) is 5.28. The molecule has 3 aliphatic heterocycles. The summed E-state index contributed by atoms with van der Waals surface area (Å²) >= 11 is 0. The fourth-order valence-corrected chi connectivity index (χ4v) is 5.28. The van der Waals surface area contributed by atoms with Crippen molar-refractivity contribution in [2.75, 3.05) is 6.54 Å². The highest BCUT2D eigenvalue weighted by atomic mass is 19.3. The van der Waals surface area contributed by atoms with Gasteiger partial charge in [-0.1, -0.05) is 26.0 Å². The average molecular weight is 532 g/mol. The van der Waals surface area contributed by atoms with Crippen molar-refractivity contribution in [3.05, 3.63) is 94.6 Å². The quantitative estimate of drug-likeness (QED) is 0.528. The van der Waals surface area contributed by atoms with Crippen LogP contribution in [0.3, 0.4) is 0 Å². The second-order valence-corrected chi connectivity index (χ2v) is 9.61. The number of H-pyrrole nitrogens is 1. The molecule has 0 bridgehead atoms. The van der Waals surface area contributed by atoms with E-state index in [0.717, 1.165) is 11.4 Å². The Hall–Kier alpha value is -4.21. The summed E-state index contributed by atoms with van der Waals surface area (Å²) in [4.78, 5) is 28.3. The van der Waals surface area contributed by atoms with Gasteiger partial charge >= 0.3 is 0 Å². The van der Waals surface area contributed by atoms with E-state index in [1.807, 2.05) is 45.0 Å². The van der Waals surface area contributed by atoms with Crippen LogP contribution in [-0.2, 0) is 11.2 Å². The zero-order valence-electron chi connectivity index (χ0n) is 22.2. The number of aryl methyl sites for hydroxylation is 1. The lowest BCUT2D eigenvalue weighted by Crippen LogP contribution is -2.46. The number of dihydropyridines is 1. The predicted octanol–water partition coefficient (Wildman–Crippen LogP) is 4.95. The van der Waals surface area contributed by atoms with Gasteiger partial charge in [-0.15, -0.1) is 5.10 Å². The number of pyridine rings is 1. The normalized spacial score (nSPS) is 22.0. The summed E-state index contributed by atoms with van der Waals surface area (Å²) in [6, 6.07) is 5.13. The molecule has 2 aromatic rings. The number of rotatable bonds is 7. The smallest absolute Gasteiger partial charge is 0.271 e. The molecule has 39 heavy (non-hydrogen) atoms. The van der Waals surface area contributed by atoms with Crippen molar-refractivity contribution >= 4 is 17.3 Å². The SMILES string of the molecule is CC/C=C(/C=C1\NC=CC=C1C(F)F)C1c2nc[nH]c2CCN1C(=O)C1=NN=C(c2cccc(C)n2)C1CC. The van der Waals surface area contributed by atoms with Crippen LogP contribution in [0.15, 0.2) is 82.1 Å². The number of imidazole rings is 1. The molecule has 0 aliphatic carbocycles. The third-order valence-corrected chi connectivity index (χ3v) is 7.11. The number of alkyl halides is 2. The van der Waals surface area contributed by atoms with E-state index in [-0.39, 0.29) is 17.4 Å². The number of aromatic amines is 1. The van der Waals surface area contributed by atoms with E-state index in [0.29, 0.717) is 59.9 Å². The molecule has 0 aromatic carbocycles. The Balaban J connectivity index is 1.51. The summed E-state index contributed by atoms with van der Waals surface area (Å²) in [5.41, 5.74) is 5.12. The van der Waals surface area contributed by atoms with Gasteiger partial charge in [0.1, 0.15) is 11.8 Å². The van der Waals surface area contributed by atoms with Crippen LogP contribution in [0.4, 0.5) is 8.78 Å². The number of allylic oxidation sites excluding steroid dienone is 4. The van der Waals surface area contributed by atoms with Gasteiger partial charge in [-0.25, -0.2) is 13.8 Å². The van der Waals surface area contributed by atoms with E-state index < -0.39 is 12.5 Å². The van der Waals surface area contributed by atoms with Crippen molar-refractivity contribution in [3.63, 3.8) is 0 Å². The molecule has 3 aliphatic rings. The summed E-state index contributed by atoms with van der Waals surface area (Å²) in [6.45, 7) is 6.30. The Labute approximate surface area is 226 Å². The van der Waals surface area contributed by atoms with Gasteiger partial charge in [0.15, 0.2) is 0 Å². The molecule has 10 heteroatoms. The summed E-state index contributed by atoms with van der Waals surface area (Å²) in [6.07, 6.45) is 9.05. The molecule has 1 amide bonds. The van der Waals surface area contributed by atoms with E-state index >= 15 is 0 Å². The molecule has 2 N–H and O–H groups in total. The lowest BCUT2D eigenvalue weighted by molar-refractivity contribution is -0.126. The van der Waals surface area contributed by atoms with Crippen molar-refractivity contribution in [1.82, 2.24) is 25.2 Å². The van der Waals surface area contributed by atoms with Crippen LogP contribution >= 0.6 is 0 Å². The van der Waals surface area contributed by atoms with Crippen LogP contribution in [0.1, 0.15) is 55.5 Å². The molecule has 0 saturated heterocycles. The average Bonchev–Trinajstić information content (AvgIpc) is 3.59. The maximum Gasteiger partial charge on any atom is 0.271 e. The lowest BCUT2D eigenvalue weighted by Gasteiger charge is -2.36. The highest BCUT2D eigenvalue weighted by Gasteiger charge is 2.41. The van der Waals surface area contributed by atoms with Crippen molar-refractivity contribution < 1.29 is 13.6 Å². The Morgan fingerprint density at radius 2 is 2.10 bits per heavy atom. The van der Waals surface area contributed by atoms with Gasteiger partial charge in [0.25, 0.3) is 12.3 Å². The van der Waals surface area contributed by atoms with E-state index in [4.69, 9.17) is 0 Å². The van der Waals surface area contributed by atoms with Gasteiger partial charge in [-0.3, -0.25) is 9.78 Å². The molecular weight excluding hydrogens is 500 g/mol. The zero-order chi connectivity index (χ0) is 27.5. The standard InChI is InChI=1S/C29H31F2N7O/c1-4-8-18(15-23-20(28(30)31)10-7-13-32-23)27-26-21(33-16-34-26)12-14-38(27)29(39)25-19(5-2)24(36-37-25)22-11-6-9-17(3)35-22/h6-11,13,15-16,19,27-28,32H,4-5,12,14H2,1-3H3,(H,33,34)/b18-8-,23-15-. The number of carbonyl (C=O) groups is 1. The molecule has 0 saturated carbocycles. The number of hydrogen-bond donors (Lipinski definition) is 2. The van der Waals surface area contributed by atoms with Crippen LogP contribution in [-0.4, -0.2) is 50.2 Å². The van der Waals surface area contributed by atoms with Gasteiger partial charge in [0.2, 0.25) is 0 Å². The Bertz CT molecular complexity index is 1450. The van der Waals surface area contributed by atoms with Crippen LogP contribution in [0.25, 0.3) is 0 Å². The highest BCUT2D eigenvalue weighted by Crippen LogP contribution is 2.37. The Morgan fingerprint density at radius 1 is 1.26 bits per heavy atom.